The molecular formula is C14H23N5O2. The molecule has 116 valence electrons. The molecule has 0 aromatic carbocycles. The van der Waals surface area contributed by atoms with Crippen molar-refractivity contribution >= 4 is 12.3 Å². The molecule has 0 atom stereocenters. The Morgan fingerprint density at radius 3 is 2.81 bits per heavy atom. The summed E-state index contributed by atoms with van der Waals surface area (Å²) in [5.74, 6) is 0.559. The van der Waals surface area contributed by atoms with E-state index in [1.54, 1.807) is 6.21 Å². The first-order valence-electron chi connectivity index (χ1n) is 7.19. The molecule has 0 aromatic heterocycles. The zero-order chi connectivity index (χ0) is 15.2. The highest BCUT2D eigenvalue weighted by molar-refractivity contribution is 5.72. The molecule has 21 heavy (non-hydrogen) atoms. The van der Waals surface area contributed by atoms with Crippen LogP contribution in [0.2, 0.25) is 0 Å². The molecule has 0 saturated carbocycles. The SMILES string of the molecule is CN(C)C=C1CC=NC(N)=C1OC(=O)NN1CCCCC1. The molecule has 1 amide bonds. The number of hydrogen-bond donors (Lipinski definition) is 2. The van der Waals surface area contributed by atoms with Gasteiger partial charge in [-0.1, -0.05) is 6.42 Å². The summed E-state index contributed by atoms with van der Waals surface area (Å²) < 4.78 is 5.37. The van der Waals surface area contributed by atoms with Gasteiger partial charge in [-0.2, -0.15) is 0 Å². The molecule has 7 nitrogen and oxygen atoms in total. The Morgan fingerprint density at radius 2 is 2.14 bits per heavy atom. The van der Waals surface area contributed by atoms with Crippen LogP contribution in [-0.4, -0.2) is 49.4 Å². The second-order valence-electron chi connectivity index (χ2n) is 5.40. The number of hydrogen-bond acceptors (Lipinski definition) is 6. The lowest BCUT2D eigenvalue weighted by Gasteiger charge is -2.27. The Labute approximate surface area is 125 Å². The number of allylic oxidation sites excluding steroid dienone is 1. The maximum atomic E-state index is 12.0. The first-order chi connectivity index (χ1) is 10.1. The number of nitrogens with one attached hydrogen (secondary N) is 1. The van der Waals surface area contributed by atoms with Gasteiger partial charge < -0.3 is 15.4 Å². The summed E-state index contributed by atoms with van der Waals surface area (Å²) in [7, 11) is 3.81. The van der Waals surface area contributed by atoms with E-state index in [0.29, 0.717) is 12.2 Å². The summed E-state index contributed by atoms with van der Waals surface area (Å²) in [6.45, 7) is 1.70. The van der Waals surface area contributed by atoms with Crippen LogP contribution in [0.4, 0.5) is 4.79 Å². The quantitative estimate of drug-likeness (QED) is 0.816. The van der Waals surface area contributed by atoms with Gasteiger partial charge >= 0.3 is 6.09 Å². The average Bonchev–Trinajstić information content (AvgIpc) is 2.43. The van der Waals surface area contributed by atoms with E-state index in [1.165, 1.54) is 6.42 Å². The van der Waals surface area contributed by atoms with Crippen molar-refractivity contribution in [3.8, 4) is 0 Å². The number of carbonyl (C=O) groups excluding carboxylic acids is 1. The summed E-state index contributed by atoms with van der Waals surface area (Å²) in [4.78, 5) is 17.9. The number of nitrogens with two attached hydrogens (primary N) is 1. The highest BCUT2D eigenvalue weighted by Crippen LogP contribution is 2.22. The van der Waals surface area contributed by atoms with Crippen molar-refractivity contribution in [3.05, 3.63) is 23.4 Å². The van der Waals surface area contributed by atoms with Crippen LogP contribution < -0.4 is 11.2 Å². The molecule has 0 unspecified atom stereocenters. The van der Waals surface area contributed by atoms with Crippen molar-refractivity contribution in [2.45, 2.75) is 25.7 Å². The van der Waals surface area contributed by atoms with Gasteiger partial charge in [0.05, 0.1) is 0 Å². The van der Waals surface area contributed by atoms with Crippen molar-refractivity contribution < 1.29 is 9.53 Å². The minimum atomic E-state index is -0.517. The first kappa shape index (κ1) is 15.4. The van der Waals surface area contributed by atoms with Crippen LogP contribution >= 0.6 is 0 Å². The fourth-order valence-electron chi connectivity index (χ4n) is 2.35. The van der Waals surface area contributed by atoms with Crippen LogP contribution in [0.15, 0.2) is 28.3 Å². The number of aliphatic imine (C=N–C) groups is 1. The fourth-order valence-corrected chi connectivity index (χ4v) is 2.35. The lowest BCUT2D eigenvalue weighted by atomic mass is 10.1. The molecule has 0 spiro atoms. The predicted octanol–water partition coefficient (Wildman–Crippen LogP) is 1.16. The van der Waals surface area contributed by atoms with Crippen molar-refractivity contribution in [3.63, 3.8) is 0 Å². The van der Waals surface area contributed by atoms with Crippen molar-refractivity contribution in [1.29, 1.82) is 0 Å². The lowest BCUT2D eigenvalue weighted by Crippen LogP contribution is -2.45. The molecule has 2 aliphatic rings. The monoisotopic (exact) mass is 293 g/mol. The number of amides is 1. The Hall–Kier alpha value is -2.02. The predicted molar refractivity (Wildman–Crippen MR) is 81.1 cm³/mol. The number of rotatable bonds is 3. The molecule has 0 radical (unpaired) electrons. The molecular weight excluding hydrogens is 270 g/mol. The van der Waals surface area contributed by atoms with Crippen molar-refractivity contribution in [2.24, 2.45) is 10.7 Å². The zero-order valence-electron chi connectivity index (χ0n) is 12.6. The maximum Gasteiger partial charge on any atom is 0.427 e. The average molecular weight is 293 g/mol. The van der Waals surface area contributed by atoms with Gasteiger partial charge in [0.2, 0.25) is 0 Å². The molecule has 2 aliphatic heterocycles. The van der Waals surface area contributed by atoms with Crippen LogP contribution in [-0.2, 0) is 4.74 Å². The number of hydrazine groups is 1. The van der Waals surface area contributed by atoms with E-state index in [2.05, 4.69) is 10.4 Å². The van der Waals surface area contributed by atoms with E-state index in [-0.39, 0.29) is 5.82 Å². The highest BCUT2D eigenvalue weighted by atomic mass is 16.6. The largest absolute Gasteiger partial charge is 0.427 e. The van der Waals surface area contributed by atoms with Gasteiger partial charge in [0.15, 0.2) is 11.6 Å². The summed E-state index contributed by atoms with van der Waals surface area (Å²) in [6.07, 6.45) is 7.03. The summed E-state index contributed by atoms with van der Waals surface area (Å²) in [5, 5.41) is 1.88. The van der Waals surface area contributed by atoms with Gasteiger partial charge in [-0.3, -0.25) is 5.43 Å². The molecule has 3 N–H and O–H groups in total. The number of piperidine rings is 1. The minimum Gasteiger partial charge on any atom is -0.405 e. The van der Waals surface area contributed by atoms with Crippen molar-refractivity contribution in [1.82, 2.24) is 15.3 Å². The smallest absolute Gasteiger partial charge is 0.405 e. The van der Waals surface area contributed by atoms with Crippen molar-refractivity contribution in [2.75, 3.05) is 27.2 Å². The Bertz CT molecular complexity index is 476. The molecule has 0 aliphatic carbocycles. The second kappa shape index (κ2) is 7.12. The maximum absolute atomic E-state index is 12.0. The van der Waals surface area contributed by atoms with E-state index >= 15 is 0 Å². The normalized spacial score (nSPS) is 21.5. The lowest BCUT2D eigenvalue weighted by molar-refractivity contribution is 0.114. The third-order valence-electron chi connectivity index (χ3n) is 3.28. The number of nitrogens with zero attached hydrogens (tertiary/aromatic N) is 3. The molecule has 2 heterocycles. The Kier molecular flexibility index (Phi) is 5.21. The molecule has 1 fully saturated rings. The third-order valence-corrected chi connectivity index (χ3v) is 3.28. The van der Waals surface area contributed by atoms with Gasteiger partial charge in [-0.15, -0.1) is 0 Å². The highest BCUT2D eigenvalue weighted by Gasteiger charge is 2.20. The third kappa shape index (κ3) is 4.49. The van der Waals surface area contributed by atoms with E-state index in [1.807, 2.05) is 30.2 Å². The molecule has 7 heteroatoms. The van der Waals surface area contributed by atoms with Crippen LogP contribution in [0.5, 0.6) is 0 Å². The topological polar surface area (TPSA) is 83.2 Å². The van der Waals surface area contributed by atoms with E-state index in [0.717, 1.165) is 31.5 Å². The van der Waals surface area contributed by atoms with Gasteiger partial charge in [-0.05, 0) is 12.8 Å². The fraction of sp³-hybridized carbons (Fsp3) is 0.571. The van der Waals surface area contributed by atoms with Crippen LogP contribution in [0.1, 0.15) is 25.7 Å². The standard InChI is InChI=1S/C14H23N5O2/c1-18(2)10-11-6-7-16-13(15)12(11)21-14(20)17-19-8-4-3-5-9-19/h7,10H,3-6,8-9,15H2,1-2H3,(H,17,20). The summed E-state index contributed by atoms with van der Waals surface area (Å²) >= 11 is 0. The molecule has 1 saturated heterocycles. The number of carbonyl (C=O) groups is 1. The van der Waals surface area contributed by atoms with Gasteiger partial charge in [0.25, 0.3) is 0 Å². The first-order valence-corrected chi connectivity index (χ1v) is 7.19. The Balaban J connectivity index is 2.00. The van der Waals surface area contributed by atoms with Gasteiger partial charge in [-0.25, -0.2) is 14.8 Å². The van der Waals surface area contributed by atoms with Gasteiger partial charge in [0.1, 0.15) is 0 Å². The van der Waals surface area contributed by atoms with E-state index in [9.17, 15) is 4.79 Å². The summed E-state index contributed by atoms with van der Waals surface area (Å²) in [5.41, 5.74) is 9.42. The van der Waals surface area contributed by atoms with E-state index in [4.69, 9.17) is 10.5 Å². The molecule has 0 aromatic rings. The van der Waals surface area contributed by atoms with E-state index < -0.39 is 6.09 Å². The summed E-state index contributed by atoms with van der Waals surface area (Å²) in [6, 6.07) is 0. The van der Waals surface area contributed by atoms with Crippen LogP contribution in [0, 0.1) is 0 Å². The second-order valence-corrected chi connectivity index (χ2v) is 5.40. The number of ether oxygens (including phenoxy) is 1. The Morgan fingerprint density at radius 1 is 1.43 bits per heavy atom. The zero-order valence-corrected chi connectivity index (χ0v) is 12.6. The minimum absolute atomic E-state index is 0.225. The van der Waals surface area contributed by atoms with Crippen LogP contribution in [0.25, 0.3) is 0 Å². The molecule has 2 rings (SSSR count). The van der Waals surface area contributed by atoms with Crippen LogP contribution in [0.3, 0.4) is 0 Å². The molecule has 0 bridgehead atoms. The van der Waals surface area contributed by atoms with Gasteiger partial charge in [0, 0.05) is 51.6 Å².